The molecular weight excluding hydrogens is 997 g/mol. The molecule has 6 rings (SSSR count). The molecule has 1 aromatic carbocycles. The number of aromatic hydroxyl groups is 1. The summed E-state index contributed by atoms with van der Waals surface area (Å²) in [6.07, 6.45) is 14.3. The SMILES string of the molecule is CC[C@H]1C[C@@H]2CC3=C[C@@H](C)[C@H](C[C@H](O)[C@@H](C)CC/C=C/C=C(\C)[C@@H]4C/C=C/C=C/[C@H](O)[C@H](C)[C@@H](O)[C@@H](CCC(C)=O)C(=O)N[C@@H](C(C)C)C(=O)NC(c5cc(O)c(F)c(F)c5)C(=O)N5CCCC(N5)C(=O)O4)O[C@@]32NC1=O. The largest absolute Gasteiger partial charge is 0.505 e. The number of aliphatic hydroxyl groups excluding tert-OH is 3. The molecule has 15 atom stereocenters. The number of hydrogen-bond acceptors (Lipinski definition) is 13. The summed E-state index contributed by atoms with van der Waals surface area (Å²) in [5, 5.41) is 53.9. The smallest absolute Gasteiger partial charge is 0.325 e. The Morgan fingerprint density at radius 3 is 2.44 bits per heavy atom. The Hall–Kier alpha value is -5.60. The van der Waals surface area contributed by atoms with Crippen molar-refractivity contribution in [1.29, 1.82) is 0 Å². The summed E-state index contributed by atoms with van der Waals surface area (Å²) in [4.78, 5) is 81.8. The molecule has 17 nitrogen and oxygen atoms in total. The number of aliphatic hydroxyl groups is 3. The Labute approximate surface area is 451 Å². The zero-order chi connectivity index (χ0) is 56.5. The molecule has 5 aliphatic rings. The first-order valence-corrected chi connectivity index (χ1v) is 27.4. The van der Waals surface area contributed by atoms with Gasteiger partial charge in [0.15, 0.2) is 23.1 Å². The van der Waals surface area contributed by atoms with E-state index >= 15 is 0 Å². The number of hydrazine groups is 1. The monoisotopic (exact) mass is 1080 g/mol. The van der Waals surface area contributed by atoms with E-state index in [0.29, 0.717) is 30.9 Å². The Bertz CT molecular complexity index is 2460. The van der Waals surface area contributed by atoms with E-state index in [1.165, 1.54) is 19.9 Å². The first-order chi connectivity index (χ1) is 36.5. The number of nitrogens with one attached hydrogen (secondary N) is 4. The van der Waals surface area contributed by atoms with Gasteiger partial charge in [0.2, 0.25) is 17.7 Å². The lowest BCUT2D eigenvalue weighted by atomic mass is 9.62. The van der Waals surface area contributed by atoms with Crippen LogP contribution in [-0.2, 0) is 38.2 Å². The van der Waals surface area contributed by atoms with Gasteiger partial charge in [-0.25, -0.2) is 9.82 Å². The van der Waals surface area contributed by atoms with Gasteiger partial charge in [0, 0.05) is 49.5 Å². The third-order valence-corrected chi connectivity index (χ3v) is 16.2. The predicted molar refractivity (Wildman–Crippen MR) is 282 cm³/mol. The molecule has 2 bridgehead atoms. The van der Waals surface area contributed by atoms with Crippen molar-refractivity contribution in [2.75, 3.05) is 6.54 Å². The zero-order valence-electron chi connectivity index (χ0n) is 45.7. The van der Waals surface area contributed by atoms with E-state index in [2.05, 4.69) is 34.4 Å². The number of amides is 4. The molecule has 0 radical (unpaired) electrons. The number of phenols is 1. The number of Topliss-reactive ketones (excluding diaryl/α,β-unsaturated/α-hetero) is 1. The van der Waals surface area contributed by atoms with Crippen molar-refractivity contribution < 1.29 is 67.4 Å². The average Bonchev–Trinajstić information content (AvgIpc) is 3.47. The number of carbonyl (C=O) groups is 6. The van der Waals surface area contributed by atoms with Gasteiger partial charge >= 0.3 is 5.97 Å². The van der Waals surface area contributed by atoms with Crippen LogP contribution in [0.15, 0.2) is 71.9 Å². The maximum Gasteiger partial charge on any atom is 0.325 e. The van der Waals surface area contributed by atoms with E-state index in [1.54, 1.807) is 39.0 Å². The van der Waals surface area contributed by atoms with E-state index in [-0.39, 0.29) is 85.7 Å². The standard InChI is InChI=1S/C58H81F2N5O12/c1-9-37-26-40-29-39-25-34(6)48(77-58(39,40)63-53(37)71)30-45(68)32(4)17-12-10-13-18-33(5)47-21-15-11-14-20-44(67)36(8)52(70)41(23-22-35(7)66)54(72)61-50(31(2)3)55(73)62-51(38-27-42(59)49(60)46(69)28-38)56(74)65-24-16-19-43(64-65)57(75)76-47/h10-11,13-15,18,20,25,27-28,31-32,34,36-37,40-41,43-45,47-48,50-52,64,67-70H,9,12,16-17,19,21-24,26,29-30H2,1-8H3,(H,61,72)(H,62,73)(H,63,71)/b13-10+,15-11+,20-14+,33-18+/t32-,34+,36-,37-,40+,41+,43?,44-,45-,47-,48-,50-,51?,52+,58-/m0/s1. The molecule has 77 heavy (non-hydrogen) atoms. The van der Waals surface area contributed by atoms with Crippen LogP contribution in [0.4, 0.5) is 8.78 Å². The van der Waals surface area contributed by atoms with Gasteiger partial charge in [0.1, 0.15) is 30.0 Å². The molecule has 2 saturated heterocycles. The van der Waals surface area contributed by atoms with Crippen molar-refractivity contribution >= 4 is 35.4 Å². The fourth-order valence-corrected chi connectivity index (χ4v) is 11.0. The number of cyclic esters (lactones) is 1. The van der Waals surface area contributed by atoms with Crippen LogP contribution in [0.3, 0.4) is 0 Å². The quantitative estimate of drug-likeness (QED) is 0.0594. The van der Waals surface area contributed by atoms with E-state index in [4.69, 9.17) is 9.47 Å². The minimum absolute atomic E-state index is 0.0124. The van der Waals surface area contributed by atoms with Crippen LogP contribution >= 0.6 is 0 Å². The Morgan fingerprint density at radius 2 is 1.75 bits per heavy atom. The molecule has 1 aliphatic carbocycles. The molecule has 424 valence electrons. The molecule has 19 heteroatoms. The van der Waals surface area contributed by atoms with Gasteiger partial charge in [-0.15, -0.1) is 0 Å². The molecule has 2 unspecified atom stereocenters. The first kappa shape index (κ1) is 60.6. The molecule has 4 aliphatic heterocycles. The van der Waals surface area contributed by atoms with E-state index < -0.39 is 107 Å². The molecule has 8 N–H and O–H groups in total. The summed E-state index contributed by atoms with van der Waals surface area (Å²) in [5.41, 5.74) is 3.56. The lowest BCUT2D eigenvalue weighted by molar-refractivity contribution is -0.205. The molecule has 4 heterocycles. The van der Waals surface area contributed by atoms with Crippen molar-refractivity contribution in [2.45, 2.75) is 180 Å². The van der Waals surface area contributed by atoms with Crippen LogP contribution in [0, 0.1) is 53.1 Å². The highest BCUT2D eigenvalue weighted by Gasteiger charge is 2.60. The zero-order valence-corrected chi connectivity index (χ0v) is 45.7. The molecule has 3 fully saturated rings. The number of phenolic OH excluding ortho intramolecular Hbond substituents is 1. The minimum Gasteiger partial charge on any atom is -0.505 e. The average molecular weight is 1080 g/mol. The van der Waals surface area contributed by atoms with Gasteiger partial charge in [-0.2, -0.15) is 4.39 Å². The van der Waals surface area contributed by atoms with Crippen LogP contribution in [0.5, 0.6) is 5.75 Å². The van der Waals surface area contributed by atoms with Crippen LogP contribution in [-0.4, -0.2) is 116 Å². The molecule has 1 spiro atoms. The number of ether oxygens (including phenoxy) is 2. The number of benzene rings is 1. The molecule has 0 aromatic heterocycles. The lowest BCUT2D eigenvalue weighted by Gasteiger charge is -2.59. The van der Waals surface area contributed by atoms with Gasteiger partial charge in [0.25, 0.3) is 5.91 Å². The number of hydrogen-bond donors (Lipinski definition) is 8. The normalized spacial score (nSPS) is 33.6. The van der Waals surface area contributed by atoms with Crippen molar-refractivity contribution in [3.05, 3.63) is 89.1 Å². The van der Waals surface area contributed by atoms with Crippen molar-refractivity contribution in [1.82, 2.24) is 26.4 Å². The maximum absolute atomic E-state index is 14.9. The summed E-state index contributed by atoms with van der Waals surface area (Å²) in [6.45, 7) is 14.0. The number of fused-ring (bicyclic) bond motifs is 2. The first-order valence-electron chi connectivity index (χ1n) is 27.4. The van der Waals surface area contributed by atoms with Crippen molar-refractivity contribution in [3.8, 4) is 5.75 Å². The second-order valence-electron chi connectivity index (χ2n) is 22.4. The number of esters is 1. The number of piperidine rings is 1. The van der Waals surface area contributed by atoms with E-state index in [9.17, 15) is 58.0 Å². The number of halogens is 2. The summed E-state index contributed by atoms with van der Waals surface area (Å²) < 4.78 is 42.1. The van der Waals surface area contributed by atoms with Crippen LogP contribution < -0.4 is 21.4 Å². The Balaban J connectivity index is 1.20. The fourth-order valence-electron chi connectivity index (χ4n) is 11.0. The Morgan fingerprint density at radius 1 is 1.01 bits per heavy atom. The number of ketones is 1. The highest BCUT2D eigenvalue weighted by atomic mass is 19.2. The second-order valence-corrected chi connectivity index (χ2v) is 22.4. The number of rotatable bonds is 14. The Kier molecular flexibility index (Phi) is 21.1. The van der Waals surface area contributed by atoms with Crippen molar-refractivity contribution in [3.63, 3.8) is 0 Å². The van der Waals surface area contributed by atoms with Crippen LogP contribution in [0.2, 0.25) is 0 Å². The van der Waals surface area contributed by atoms with E-state index in [1.807, 2.05) is 32.1 Å². The number of allylic oxidation sites excluding steroid dienone is 5. The van der Waals surface area contributed by atoms with Gasteiger partial charge in [-0.05, 0) is 106 Å². The summed E-state index contributed by atoms with van der Waals surface area (Å²) >= 11 is 0. The maximum atomic E-state index is 14.9. The van der Waals surface area contributed by atoms with E-state index in [0.717, 1.165) is 35.9 Å². The molecule has 1 aromatic rings. The summed E-state index contributed by atoms with van der Waals surface area (Å²) in [7, 11) is 0. The summed E-state index contributed by atoms with van der Waals surface area (Å²) in [6, 6.07) is -2.83. The van der Waals surface area contributed by atoms with Gasteiger partial charge in [-0.3, -0.25) is 29.0 Å². The third kappa shape index (κ3) is 14.8. The second kappa shape index (κ2) is 26.8. The molecule has 1 saturated carbocycles. The van der Waals surface area contributed by atoms with Crippen LogP contribution in [0.1, 0.15) is 138 Å². The van der Waals surface area contributed by atoms with Crippen LogP contribution in [0.25, 0.3) is 0 Å². The number of carbonyl (C=O) groups excluding carboxylic acids is 6. The lowest BCUT2D eigenvalue weighted by Crippen LogP contribution is -2.70. The topological polar surface area (TPSA) is 253 Å². The summed E-state index contributed by atoms with van der Waals surface area (Å²) in [5.74, 6) is -10.5. The minimum atomic E-state index is -1.80. The third-order valence-electron chi connectivity index (χ3n) is 16.2. The highest BCUT2D eigenvalue weighted by molar-refractivity contribution is 5.93. The fraction of sp³-hybridized carbons (Fsp3) is 0.621. The predicted octanol–water partition coefficient (Wildman–Crippen LogP) is 6.13. The van der Waals surface area contributed by atoms with Gasteiger partial charge in [-0.1, -0.05) is 90.2 Å². The van der Waals surface area contributed by atoms with Crippen molar-refractivity contribution in [2.24, 2.45) is 41.4 Å². The number of nitrogens with zero attached hydrogens (tertiary/aromatic N) is 1. The molecule has 4 amide bonds. The highest BCUT2D eigenvalue weighted by Crippen LogP contribution is 2.54. The van der Waals surface area contributed by atoms with Gasteiger partial charge in [0.05, 0.1) is 30.3 Å². The molecular formula is C58H81F2N5O12. The van der Waals surface area contributed by atoms with Gasteiger partial charge < -0.3 is 50.6 Å².